The van der Waals surface area contributed by atoms with E-state index in [1.807, 2.05) is 0 Å². The van der Waals surface area contributed by atoms with Gasteiger partial charge in [-0.1, -0.05) is 0 Å². The molecular formula is C8H10O4. The summed E-state index contributed by atoms with van der Waals surface area (Å²) in [6, 6.07) is 0. The maximum atomic E-state index is 10.8. The number of rotatable bonds is 3. The highest BCUT2D eigenvalue weighted by molar-refractivity contribution is 5.77. The first kappa shape index (κ1) is 8.77. The minimum absolute atomic E-state index is 0.246. The third-order valence-electron chi connectivity index (χ3n) is 1.53. The van der Waals surface area contributed by atoms with Gasteiger partial charge in [-0.3, -0.25) is 9.59 Å². The van der Waals surface area contributed by atoms with Crippen LogP contribution in [0.25, 0.3) is 0 Å². The summed E-state index contributed by atoms with van der Waals surface area (Å²) >= 11 is 0. The molecule has 1 atom stereocenters. The van der Waals surface area contributed by atoms with Crippen molar-refractivity contribution < 1.29 is 19.1 Å². The van der Waals surface area contributed by atoms with Gasteiger partial charge < -0.3 is 9.47 Å². The van der Waals surface area contributed by atoms with Crippen LogP contribution in [-0.4, -0.2) is 18.5 Å². The Bertz CT molecular complexity index is 219. The lowest BCUT2D eigenvalue weighted by atomic mass is 10.1. The van der Waals surface area contributed by atoms with Gasteiger partial charge in [0.05, 0.1) is 18.8 Å². The maximum absolute atomic E-state index is 10.8. The summed E-state index contributed by atoms with van der Waals surface area (Å²) in [6.07, 6.45) is 3.52. The van der Waals surface area contributed by atoms with Crippen LogP contribution in [0.4, 0.5) is 0 Å². The molecule has 1 heterocycles. The maximum Gasteiger partial charge on any atom is 0.317 e. The van der Waals surface area contributed by atoms with Gasteiger partial charge in [-0.25, -0.2) is 0 Å². The van der Waals surface area contributed by atoms with E-state index in [0.29, 0.717) is 6.42 Å². The largest absolute Gasteiger partial charge is 0.466 e. The van der Waals surface area contributed by atoms with Crippen LogP contribution in [0, 0.1) is 5.92 Å². The molecule has 0 saturated carbocycles. The van der Waals surface area contributed by atoms with Crippen molar-refractivity contribution in [1.29, 1.82) is 0 Å². The number of esters is 2. The molecule has 0 aromatic carbocycles. The number of cyclic esters (lactones) is 1. The van der Waals surface area contributed by atoms with E-state index in [9.17, 15) is 9.59 Å². The Kier molecular flexibility index (Phi) is 2.85. The minimum Gasteiger partial charge on any atom is -0.466 e. The zero-order chi connectivity index (χ0) is 8.97. The molecule has 0 aliphatic carbocycles. The van der Waals surface area contributed by atoms with Gasteiger partial charge in [0.2, 0.25) is 0 Å². The van der Waals surface area contributed by atoms with Gasteiger partial charge in [0.25, 0.3) is 0 Å². The Morgan fingerprint density at radius 3 is 3.00 bits per heavy atom. The SMILES string of the molecule is CC(=O)OCCC1C=COC1=O. The normalized spacial score (nSPS) is 20.8. The molecule has 1 aliphatic rings. The predicted octanol–water partition coefficient (Wildman–Crippen LogP) is 0.626. The lowest BCUT2D eigenvalue weighted by Crippen LogP contribution is -2.12. The van der Waals surface area contributed by atoms with Crippen LogP contribution in [0.15, 0.2) is 12.3 Å². The van der Waals surface area contributed by atoms with Gasteiger partial charge in [-0.05, 0) is 12.5 Å². The molecule has 1 aliphatic heterocycles. The van der Waals surface area contributed by atoms with Gasteiger partial charge >= 0.3 is 11.9 Å². The summed E-state index contributed by atoms with van der Waals surface area (Å²) in [6.45, 7) is 1.60. The average Bonchev–Trinajstić information content (AvgIpc) is 2.36. The standard InChI is InChI=1S/C8H10O4/c1-6(9)11-4-2-7-3-5-12-8(7)10/h3,5,7H,2,4H2,1H3. The molecule has 0 amide bonds. The van der Waals surface area contributed by atoms with Crippen molar-refractivity contribution in [2.24, 2.45) is 5.92 Å². The second-order valence-corrected chi connectivity index (χ2v) is 2.50. The van der Waals surface area contributed by atoms with E-state index in [1.165, 1.54) is 13.2 Å². The number of hydrogen-bond donors (Lipinski definition) is 0. The first-order valence-corrected chi connectivity index (χ1v) is 3.70. The van der Waals surface area contributed by atoms with Crippen LogP contribution in [0.5, 0.6) is 0 Å². The van der Waals surface area contributed by atoms with Gasteiger partial charge in [-0.2, -0.15) is 0 Å². The minimum atomic E-state index is -0.328. The summed E-state index contributed by atoms with van der Waals surface area (Å²) in [5.41, 5.74) is 0. The molecule has 0 saturated heterocycles. The van der Waals surface area contributed by atoms with E-state index in [1.54, 1.807) is 6.08 Å². The number of carbonyl (C=O) groups is 2. The van der Waals surface area contributed by atoms with Crippen molar-refractivity contribution in [3.8, 4) is 0 Å². The predicted molar refractivity (Wildman–Crippen MR) is 40.0 cm³/mol. The zero-order valence-electron chi connectivity index (χ0n) is 6.78. The van der Waals surface area contributed by atoms with Crippen molar-refractivity contribution in [1.82, 2.24) is 0 Å². The van der Waals surface area contributed by atoms with Crippen molar-refractivity contribution in [3.05, 3.63) is 12.3 Å². The molecule has 4 nitrogen and oxygen atoms in total. The fourth-order valence-corrected chi connectivity index (χ4v) is 0.911. The van der Waals surface area contributed by atoms with E-state index >= 15 is 0 Å². The van der Waals surface area contributed by atoms with Crippen molar-refractivity contribution >= 4 is 11.9 Å². The van der Waals surface area contributed by atoms with Gasteiger partial charge in [0.1, 0.15) is 0 Å². The summed E-state index contributed by atoms with van der Waals surface area (Å²) in [5, 5.41) is 0. The van der Waals surface area contributed by atoms with Gasteiger partial charge in [0.15, 0.2) is 0 Å². The highest BCUT2D eigenvalue weighted by atomic mass is 16.5. The molecule has 0 spiro atoms. The Labute approximate surface area is 70.1 Å². The van der Waals surface area contributed by atoms with Gasteiger partial charge in [-0.15, -0.1) is 0 Å². The average molecular weight is 170 g/mol. The van der Waals surface area contributed by atoms with Crippen LogP contribution in [0.2, 0.25) is 0 Å². The molecule has 0 radical (unpaired) electrons. The number of hydrogen-bond acceptors (Lipinski definition) is 4. The van der Waals surface area contributed by atoms with E-state index in [-0.39, 0.29) is 24.5 Å². The lowest BCUT2D eigenvalue weighted by Gasteiger charge is -2.03. The lowest BCUT2D eigenvalue weighted by molar-refractivity contribution is -0.144. The molecule has 4 heteroatoms. The zero-order valence-corrected chi connectivity index (χ0v) is 6.78. The first-order chi connectivity index (χ1) is 5.70. The van der Waals surface area contributed by atoms with Gasteiger partial charge in [0, 0.05) is 6.92 Å². The third kappa shape index (κ3) is 2.38. The number of carbonyl (C=O) groups excluding carboxylic acids is 2. The molecule has 66 valence electrons. The molecule has 0 N–H and O–H groups in total. The third-order valence-corrected chi connectivity index (χ3v) is 1.53. The molecule has 0 fully saturated rings. The summed E-state index contributed by atoms with van der Waals surface area (Å²) in [4.78, 5) is 21.2. The molecule has 12 heavy (non-hydrogen) atoms. The van der Waals surface area contributed by atoms with E-state index in [4.69, 9.17) is 0 Å². The molecule has 0 aromatic heterocycles. The molecule has 0 aromatic rings. The Hall–Kier alpha value is -1.32. The molecule has 0 bridgehead atoms. The Balaban J connectivity index is 2.19. The van der Waals surface area contributed by atoms with Crippen LogP contribution < -0.4 is 0 Å². The Morgan fingerprint density at radius 1 is 1.75 bits per heavy atom. The summed E-state index contributed by atoms with van der Waals surface area (Å²) < 4.78 is 9.23. The van der Waals surface area contributed by atoms with Crippen molar-refractivity contribution in [3.63, 3.8) is 0 Å². The van der Waals surface area contributed by atoms with Crippen molar-refractivity contribution in [2.45, 2.75) is 13.3 Å². The monoisotopic (exact) mass is 170 g/mol. The first-order valence-electron chi connectivity index (χ1n) is 3.70. The van der Waals surface area contributed by atoms with Crippen LogP contribution in [0.3, 0.4) is 0 Å². The van der Waals surface area contributed by atoms with E-state index < -0.39 is 0 Å². The van der Waals surface area contributed by atoms with Crippen LogP contribution in [0.1, 0.15) is 13.3 Å². The van der Waals surface area contributed by atoms with E-state index in [2.05, 4.69) is 9.47 Å². The smallest absolute Gasteiger partial charge is 0.317 e. The number of ether oxygens (including phenoxy) is 2. The fraction of sp³-hybridized carbons (Fsp3) is 0.500. The highest BCUT2D eigenvalue weighted by Crippen LogP contribution is 2.14. The Morgan fingerprint density at radius 2 is 2.50 bits per heavy atom. The second-order valence-electron chi connectivity index (χ2n) is 2.50. The molecule has 1 unspecified atom stereocenters. The second kappa shape index (κ2) is 3.90. The van der Waals surface area contributed by atoms with E-state index in [0.717, 1.165) is 0 Å². The summed E-state index contributed by atoms with van der Waals surface area (Å²) in [5.74, 6) is -0.850. The fourth-order valence-electron chi connectivity index (χ4n) is 0.911. The summed E-state index contributed by atoms with van der Waals surface area (Å²) in [7, 11) is 0. The molecule has 1 rings (SSSR count). The quantitative estimate of drug-likeness (QED) is 0.583. The topological polar surface area (TPSA) is 52.6 Å². The van der Waals surface area contributed by atoms with Crippen molar-refractivity contribution in [2.75, 3.05) is 6.61 Å². The van der Waals surface area contributed by atoms with Crippen LogP contribution in [-0.2, 0) is 19.1 Å². The highest BCUT2D eigenvalue weighted by Gasteiger charge is 2.21. The van der Waals surface area contributed by atoms with Crippen LogP contribution >= 0.6 is 0 Å². The molecular weight excluding hydrogens is 160 g/mol.